The van der Waals surface area contributed by atoms with Gasteiger partial charge in [0.25, 0.3) is 0 Å². The van der Waals surface area contributed by atoms with Gasteiger partial charge in [-0.2, -0.15) is 0 Å². The topological polar surface area (TPSA) is 29.1 Å². The van der Waals surface area contributed by atoms with Crippen molar-refractivity contribution in [3.63, 3.8) is 0 Å². The van der Waals surface area contributed by atoms with E-state index in [-0.39, 0.29) is 12.3 Å². The molecule has 1 amide bonds. The Morgan fingerprint density at radius 1 is 1.10 bits per heavy atom. The van der Waals surface area contributed by atoms with Gasteiger partial charge in [-0.15, -0.1) is 0 Å². The van der Waals surface area contributed by atoms with Gasteiger partial charge in [-0.3, -0.25) is 4.79 Å². The smallest absolute Gasteiger partial charge is 0.224 e. The number of rotatable bonds is 6. The molecule has 1 N–H and O–H groups in total. The minimum Gasteiger partial charge on any atom is -0.356 e. The number of halogens is 2. The van der Waals surface area contributed by atoms with Crippen molar-refractivity contribution < 1.29 is 13.6 Å². The Morgan fingerprint density at radius 3 is 2.20 bits per heavy atom. The molecule has 0 heterocycles. The first kappa shape index (κ1) is 16.6. The monoisotopic (exact) mass is 283 g/mol. The van der Waals surface area contributed by atoms with Crippen LogP contribution in [0.3, 0.4) is 0 Å². The van der Waals surface area contributed by atoms with Gasteiger partial charge in [-0.1, -0.05) is 33.8 Å². The molecule has 20 heavy (non-hydrogen) atoms. The molecule has 0 saturated heterocycles. The lowest BCUT2D eigenvalue weighted by atomic mass is 9.85. The fourth-order valence-corrected chi connectivity index (χ4v) is 2.37. The predicted octanol–water partition coefficient (Wildman–Crippen LogP) is 3.55. The van der Waals surface area contributed by atoms with Gasteiger partial charge in [0.05, 0.1) is 6.42 Å². The summed E-state index contributed by atoms with van der Waals surface area (Å²) in [7, 11) is 0. The minimum absolute atomic E-state index is 0.0696. The van der Waals surface area contributed by atoms with E-state index in [1.165, 1.54) is 6.07 Å². The Hall–Kier alpha value is -1.45. The largest absolute Gasteiger partial charge is 0.356 e. The maximum Gasteiger partial charge on any atom is 0.224 e. The van der Waals surface area contributed by atoms with E-state index in [0.29, 0.717) is 29.9 Å². The van der Waals surface area contributed by atoms with Gasteiger partial charge in [0.2, 0.25) is 5.91 Å². The summed E-state index contributed by atoms with van der Waals surface area (Å²) in [5.41, 5.74) is 0.479. The Labute approximate surface area is 119 Å². The normalized spacial score (nSPS) is 11.4. The summed E-state index contributed by atoms with van der Waals surface area (Å²) in [6.45, 7) is 9.13. The highest BCUT2D eigenvalue weighted by molar-refractivity contribution is 5.78. The Kier molecular flexibility index (Phi) is 6.11. The first-order valence-electron chi connectivity index (χ1n) is 7.02. The highest BCUT2D eigenvalue weighted by Gasteiger charge is 2.18. The molecule has 0 aliphatic carbocycles. The minimum atomic E-state index is -0.919. The van der Waals surface area contributed by atoms with Crippen LogP contribution in [0.25, 0.3) is 0 Å². The number of hydrogen-bond acceptors (Lipinski definition) is 1. The van der Waals surface area contributed by atoms with Crippen molar-refractivity contribution in [3.05, 3.63) is 35.4 Å². The molecular weight excluding hydrogens is 260 g/mol. The van der Waals surface area contributed by atoms with E-state index in [2.05, 4.69) is 33.0 Å². The number of benzene rings is 1. The lowest BCUT2D eigenvalue weighted by Crippen LogP contribution is -2.34. The number of amides is 1. The van der Waals surface area contributed by atoms with Crippen LogP contribution in [-0.4, -0.2) is 12.5 Å². The van der Waals surface area contributed by atoms with Gasteiger partial charge in [-0.05, 0) is 35.4 Å². The third kappa shape index (κ3) is 4.91. The fraction of sp³-hybridized carbons (Fsp3) is 0.562. The van der Waals surface area contributed by atoms with E-state index in [4.69, 9.17) is 0 Å². The highest BCUT2D eigenvalue weighted by Crippen LogP contribution is 2.19. The maximum atomic E-state index is 13.0. The van der Waals surface area contributed by atoms with Gasteiger partial charge < -0.3 is 5.32 Å². The molecule has 1 rings (SSSR count). The molecule has 0 aromatic heterocycles. The van der Waals surface area contributed by atoms with Crippen LogP contribution in [0.2, 0.25) is 0 Å². The zero-order valence-corrected chi connectivity index (χ0v) is 12.5. The average Bonchev–Trinajstić information content (AvgIpc) is 2.33. The maximum absolute atomic E-state index is 13.0. The lowest BCUT2D eigenvalue weighted by molar-refractivity contribution is -0.120. The zero-order chi connectivity index (χ0) is 15.3. The summed E-state index contributed by atoms with van der Waals surface area (Å²) in [5, 5.41) is 2.87. The number of nitrogens with one attached hydrogen (secondary N) is 1. The first-order chi connectivity index (χ1) is 9.31. The molecule has 1 aromatic rings. The molecule has 1 aromatic carbocycles. The molecule has 112 valence electrons. The van der Waals surface area contributed by atoms with Crippen LogP contribution < -0.4 is 5.32 Å². The molecule has 0 fully saturated rings. The molecule has 0 bridgehead atoms. The second-order valence-electron chi connectivity index (χ2n) is 5.88. The molecule has 2 nitrogen and oxygen atoms in total. The van der Waals surface area contributed by atoms with Gasteiger partial charge in [0.1, 0.15) is 0 Å². The predicted molar refractivity (Wildman–Crippen MR) is 76.2 cm³/mol. The molecule has 4 heteroatoms. The van der Waals surface area contributed by atoms with Crippen molar-refractivity contribution in [2.75, 3.05) is 6.54 Å². The molecule has 0 radical (unpaired) electrons. The van der Waals surface area contributed by atoms with E-state index >= 15 is 0 Å². The van der Waals surface area contributed by atoms with Crippen LogP contribution in [0.5, 0.6) is 0 Å². The summed E-state index contributed by atoms with van der Waals surface area (Å²) < 4.78 is 25.8. The Bertz CT molecular complexity index is 450. The Morgan fingerprint density at radius 2 is 1.70 bits per heavy atom. The van der Waals surface area contributed by atoms with Crippen LogP contribution in [0.1, 0.15) is 33.3 Å². The van der Waals surface area contributed by atoms with Crippen LogP contribution in [0.4, 0.5) is 8.78 Å². The molecule has 0 atom stereocenters. The summed E-state index contributed by atoms with van der Waals surface area (Å²) >= 11 is 0. The quantitative estimate of drug-likeness (QED) is 0.850. The van der Waals surface area contributed by atoms with Crippen molar-refractivity contribution >= 4 is 5.91 Å². The van der Waals surface area contributed by atoms with Crippen molar-refractivity contribution in [2.24, 2.45) is 17.8 Å². The highest BCUT2D eigenvalue weighted by atomic mass is 19.2. The summed E-state index contributed by atoms with van der Waals surface area (Å²) in [5.74, 6) is -0.602. The second kappa shape index (κ2) is 7.36. The standard InChI is InChI=1S/C16H23F2NO/c1-10(2)13(11(3)4)9-19-16(20)8-12-5-6-14(17)15(18)7-12/h5-7,10-11,13H,8-9H2,1-4H3,(H,19,20). The third-order valence-electron chi connectivity index (χ3n) is 3.60. The number of carbonyl (C=O) groups excluding carboxylic acids is 1. The first-order valence-corrected chi connectivity index (χ1v) is 7.02. The van der Waals surface area contributed by atoms with Crippen molar-refractivity contribution in [2.45, 2.75) is 34.1 Å². The van der Waals surface area contributed by atoms with Crippen LogP contribution in [-0.2, 0) is 11.2 Å². The zero-order valence-electron chi connectivity index (χ0n) is 12.5. The van der Waals surface area contributed by atoms with Gasteiger partial charge >= 0.3 is 0 Å². The van der Waals surface area contributed by atoms with E-state index < -0.39 is 11.6 Å². The average molecular weight is 283 g/mol. The summed E-state index contributed by atoms with van der Waals surface area (Å²) in [4.78, 5) is 11.8. The molecule has 0 saturated carbocycles. The molecule has 0 aliphatic heterocycles. The second-order valence-corrected chi connectivity index (χ2v) is 5.88. The van der Waals surface area contributed by atoms with Gasteiger partial charge in [-0.25, -0.2) is 8.78 Å². The number of carbonyl (C=O) groups is 1. The van der Waals surface area contributed by atoms with Crippen LogP contribution in [0, 0.1) is 29.4 Å². The number of hydrogen-bond donors (Lipinski definition) is 1. The van der Waals surface area contributed by atoms with Gasteiger partial charge in [0.15, 0.2) is 11.6 Å². The van der Waals surface area contributed by atoms with Crippen molar-refractivity contribution in [1.82, 2.24) is 5.32 Å². The lowest BCUT2D eigenvalue weighted by Gasteiger charge is -2.25. The van der Waals surface area contributed by atoms with E-state index in [9.17, 15) is 13.6 Å². The van der Waals surface area contributed by atoms with Crippen LogP contribution >= 0.6 is 0 Å². The SMILES string of the molecule is CC(C)C(CNC(=O)Cc1ccc(F)c(F)c1)C(C)C. The van der Waals surface area contributed by atoms with E-state index in [1.54, 1.807) is 0 Å². The van der Waals surface area contributed by atoms with Gasteiger partial charge in [0, 0.05) is 6.54 Å². The van der Waals surface area contributed by atoms with Crippen molar-refractivity contribution in [3.8, 4) is 0 Å². The van der Waals surface area contributed by atoms with Crippen LogP contribution in [0.15, 0.2) is 18.2 Å². The molecule has 0 aliphatic rings. The van der Waals surface area contributed by atoms with E-state index in [1.807, 2.05) is 0 Å². The fourth-order valence-electron chi connectivity index (χ4n) is 2.37. The summed E-state index contributed by atoms with van der Waals surface area (Å²) in [6, 6.07) is 3.54. The molecule has 0 unspecified atom stereocenters. The molecule has 0 spiro atoms. The third-order valence-corrected chi connectivity index (χ3v) is 3.60. The molecular formula is C16H23F2NO. The van der Waals surface area contributed by atoms with Crippen molar-refractivity contribution in [1.29, 1.82) is 0 Å². The van der Waals surface area contributed by atoms with E-state index in [0.717, 1.165) is 12.1 Å². The Balaban J connectivity index is 2.53. The summed E-state index contributed by atoms with van der Waals surface area (Å²) in [6.07, 6.45) is 0.0696.